The predicted molar refractivity (Wildman–Crippen MR) is 97.1 cm³/mol. The topological polar surface area (TPSA) is 69.9 Å². The van der Waals surface area contributed by atoms with Gasteiger partial charge in [0.15, 0.2) is 11.6 Å². The summed E-state index contributed by atoms with van der Waals surface area (Å²) < 4.78 is 7.80. The Morgan fingerprint density at radius 1 is 1.12 bits per heavy atom. The smallest absolute Gasteiger partial charge is 0.182 e. The lowest BCUT2D eigenvalue weighted by atomic mass is 10.0. The number of carbonyl (C=O) groups is 1. The zero-order valence-electron chi connectivity index (χ0n) is 14.4. The van der Waals surface area contributed by atoms with Crippen molar-refractivity contribution < 1.29 is 9.53 Å². The fraction of sp³-hybridized carbons (Fsp3) is 0.200. The maximum atomic E-state index is 12.9. The van der Waals surface area contributed by atoms with Crippen molar-refractivity contribution in [2.45, 2.75) is 19.9 Å². The number of para-hydroxylation sites is 1. The first-order valence-electron chi connectivity index (χ1n) is 8.47. The van der Waals surface area contributed by atoms with Crippen LogP contribution in [0.4, 0.5) is 0 Å². The van der Waals surface area contributed by atoms with Gasteiger partial charge < -0.3 is 9.30 Å². The molecule has 6 heteroatoms. The Balaban J connectivity index is 1.79. The van der Waals surface area contributed by atoms with Crippen LogP contribution in [0.2, 0.25) is 0 Å². The Hall–Kier alpha value is -3.28. The number of hydrogen-bond acceptors (Lipinski definition) is 5. The molecule has 0 N–H and O–H groups in total. The number of aromatic nitrogens is 4. The summed E-state index contributed by atoms with van der Waals surface area (Å²) in [5, 5.41) is 8.15. The van der Waals surface area contributed by atoms with Crippen LogP contribution in [0.3, 0.4) is 0 Å². The van der Waals surface area contributed by atoms with E-state index in [1.54, 1.807) is 12.4 Å². The quantitative estimate of drug-likeness (QED) is 0.585. The van der Waals surface area contributed by atoms with Crippen molar-refractivity contribution in [3.8, 4) is 17.3 Å². The Morgan fingerprint density at radius 2 is 2.00 bits per heavy atom. The van der Waals surface area contributed by atoms with Crippen LogP contribution in [0.5, 0.6) is 5.75 Å². The molecular formula is C20H18N4O2. The second-order valence-corrected chi connectivity index (χ2v) is 6.16. The fourth-order valence-corrected chi connectivity index (χ4v) is 3.00. The normalized spacial score (nSPS) is 15.3. The van der Waals surface area contributed by atoms with Gasteiger partial charge in [-0.15, -0.1) is 10.2 Å². The summed E-state index contributed by atoms with van der Waals surface area (Å²) >= 11 is 0. The van der Waals surface area contributed by atoms with Gasteiger partial charge in [0.1, 0.15) is 24.4 Å². The molecule has 130 valence electrons. The van der Waals surface area contributed by atoms with Gasteiger partial charge >= 0.3 is 0 Å². The van der Waals surface area contributed by atoms with Gasteiger partial charge in [-0.2, -0.15) is 0 Å². The molecule has 3 heterocycles. The number of allylic oxidation sites excluding steroid dienone is 1. The maximum Gasteiger partial charge on any atom is 0.182 e. The van der Waals surface area contributed by atoms with Gasteiger partial charge in [-0.1, -0.05) is 24.3 Å². The largest absolute Gasteiger partial charge is 0.488 e. The highest BCUT2D eigenvalue weighted by atomic mass is 16.5. The minimum Gasteiger partial charge on any atom is -0.488 e. The zero-order chi connectivity index (χ0) is 17.9. The minimum atomic E-state index is -0.0177. The number of carbonyl (C=O) groups excluding carboxylic acids is 1. The van der Waals surface area contributed by atoms with Crippen molar-refractivity contribution in [2.75, 3.05) is 6.61 Å². The molecule has 1 aliphatic heterocycles. The van der Waals surface area contributed by atoms with E-state index in [1.807, 2.05) is 54.0 Å². The molecule has 0 fully saturated rings. The molecule has 0 unspecified atom stereocenters. The molecule has 0 saturated carbocycles. The van der Waals surface area contributed by atoms with Crippen LogP contribution in [-0.2, 0) is 13.0 Å². The highest BCUT2D eigenvalue weighted by Gasteiger charge is 2.17. The summed E-state index contributed by atoms with van der Waals surface area (Å²) in [6.07, 6.45) is 5.80. The van der Waals surface area contributed by atoms with Gasteiger partial charge in [-0.05, 0) is 36.8 Å². The number of rotatable bonds is 0. The summed E-state index contributed by atoms with van der Waals surface area (Å²) in [4.78, 5) is 17.5. The van der Waals surface area contributed by atoms with Gasteiger partial charge in [0.05, 0.1) is 12.0 Å². The van der Waals surface area contributed by atoms with Gasteiger partial charge in [0, 0.05) is 12.2 Å². The van der Waals surface area contributed by atoms with Crippen molar-refractivity contribution in [1.29, 1.82) is 0 Å². The van der Waals surface area contributed by atoms with E-state index in [0.29, 0.717) is 41.7 Å². The third kappa shape index (κ3) is 3.13. The average molecular weight is 346 g/mol. The van der Waals surface area contributed by atoms with E-state index in [0.717, 1.165) is 5.56 Å². The summed E-state index contributed by atoms with van der Waals surface area (Å²) in [5.41, 5.74) is 2.94. The lowest BCUT2D eigenvalue weighted by Crippen LogP contribution is -2.10. The van der Waals surface area contributed by atoms with Gasteiger partial charge in [-0.3, -0.25) is 4.79 Å². The number of ketones is 1. The Bertz CT molecular complexity index is 991. The van der Waals surface area contributed by atoms with Crippen molar-refractivity contribution in [1.82, 2.24) is 19.7 Å². The van der Waals surface area contributed by atoms with Crippen molar-refractivity contribution in [3.05, 3.63) is 71.7 Å². The molecule has 1 aromatic carbocycles. The van der Waals surface area contributed by atoms with Crippen LogP contribution >= 0.6 is 0 Å². The molecule has 1 aliphatic rings. The number of benzene rings is 1. The zero-order valence-corrected chi connectivity index (χ0v) is 14.4. The number of pyridine rings is 1. The van der Waals surface area contributed by atoms with Crippen LogP contribution in [0.1, 0.15) is 21.6 Å². The number of fused-ring (bicyclic) bond motifs is 5. The molecule has 0 aliphatic carbocycles. The molecule has 2 bridgehead atoms. The van der Waals surface area contributed by atoms with Crippen LogP contribution in [0.25, 0.3) is 11.5 Å². The van der Waals surface area contributed by atoms with Crippen LogP contribution < -0.4 is 4.74 Å². The second-order valence-electron chi connectivity index (χ2n) is 6.16. The number of aryl methyl sites for hydroxylation is 1. The minimum absolute atomic E-state index is 0.0177. The summed E-state index contributed by atoms with van der Waals surface area (Å²) in [6, 6.07) is 11.2. The summed E-state index contributed by atoms with van der Waals surface area (Å²) in [6.45, 7) is 2.96. The van der Waals surface area contributed by atoms with E-state index in [2.05, 4.69) is 15.2 Å². The van der Waals surface area contributed by atoms with Crippen molar-refractivity contribution in [2.24, 2.45) is 0 Å². The van der Waals surface area contributed by atoms with E-state index in [4.69, 9.17) is 4.74 Å². The predicted octanol–water partition coefficient (Wildman–Crippen LogP) is 3.02. The summed E-state index contributed by atoms with van der Waals surface area (Å²) in [5.74, 6) is 1.30. The van der Waals surface area contributed by atoms with E-state index < -0.39 is 0 Å². The molecule has 26 heavy (non-hydrogen) atoms. The number of nitrogens with zero attached hydrogens (tertiary/aromatic N) is 4. The lowest BCUT2D eigenvalue weighted by Gasteiger charge is -2.13. The molecule has 0 atom stereocenters. The van der Waals surface area contributed by atoms with Gasteiger partial charge in [0.25, 0.3) is 0 Å². The molecule has 0 saturated heterocycles. The van der Waals surface area contributed by atoms with Crippen molar-refractivity contribution in [3.63, 3.8) is 0 Å². The van der Waals surface area contributed by atoms with Crippen LogP contribution in [0.15, 0.2) is 54.9 Å². The van der Waals surface area contributed by atoms with Crippen LogP contribution in [-0.4, -0.2) is 32.1 Å². The fourth-order valence-electron chi connectivity index (χ4n) is 3.00. The third-order valence-corrected chi connectivity index (χ3v) is 4.30. The molecule has 3 aromatic rings. The first-order valence-corrected chi connectivity index (χ1v) is 8.47. The van der Waals surface area contributed by atoms with E-state index in [-0.39, 0.29) is 12.2 Å². The monoisotopic (exact) mass is 346 g/mol. The molecule has 2 aromatic heterocycles. The average Bonchev–Trinajstić information content (AvgIpc) is 3.10. The number of hydrogen-bond donors (Lipinski definition) is 0. The second kappa shape index (κ2) is 6.92. The van der Waals surface area contributed by atoms with E-state index >= 15 is 0 Å². The standard InChI is InChI=1S/C20H18N4O2/c1-14-6-4-8-16-18(25)12-15-7-5-9-17(22-15)20-23-21-13-24(20)10-2-3-11-26-19(14)16/h2-9,13H,10-12H2,1H3/b3-2-. The van der Waals surface area contributed by atoms with Crippen LogP contribution in [0, 0.1) is 6.92 Å². The Labute approximate surface area is 151 Å². The Kier molecular flexibility index (Phi) is 4.31. The number of Topliss-reactive ketones (excluding diaryl/α,β-unsaturated/α-hetero) is 1. The number of ether oxygens (including phenoxy) is 1. The third-order valence-electron chi connectivity index (χ3n) is 4.30. The molecule has 6 nitrogen and oxygen atoms in total. The molecule has 0 spiro atoms. The molecule has 0 radical (unpaired) electrons. The van der Waals surface area contributed by atoms with Gasteiger partial charge in [0.2, 0.25) is 0 Å². The SMILES string of the molecule is Cc1cccc2c1OC/C=C\Cn1cnnc1-c1cccc(n1)CC2=O. The highest BCUT2D eigenvalue weighted by molar-refractivity contribution is 6.00. The molecular weight excluding hydrogens is 328 g/mol. The van der Waals surface area contributed by atoms with E-state index in [1.165, 1.54) is 0 Å². The van der Waals surface area contributed by atoms with Crippen molar-refractivity contribution >= 4 is 5.78 Å². The molecule has 4 rings (SSSR count). The maximum absolute atomic E-state index is 12.9. The Morgan fingerprint density at radius 3 is 2.92 bits per heavy atom. The summed E-state index contributed by atoms with van der Waals surface area (Å²) in [7, 11) is 0. The van der Waals surface area contributed by atoms with Gasteiger partial charge in [-0.25, -0.2) is 4.98 Å². The van der Waals surface area contributed by atoms with E-state index in [9.17, 15) is 4.79 Å². The first kappa shape index (κ1) is 16.2. The molecule has 0 amide bonds. The lowest BCUT2D eigenvalue weighted by molar-refractivity contribution is 0.0988. The highest BCUT2D eigenvalue weighted by Crippen LogP contribution is 2.25. The first-order chi connectivity index (χ1) is 12.7.